The monoisotopic (exact) mass is 367 g/mol. The summed E-state index contributed by atoms with van der Waals surface area (Å²) in [6, 6.07) is 3.42. The first-order chi connectivity index (χ1) is 11.8. The largest absolute Gasteiger partial charge is 0.493 e. The lowest BCUT2D eigenvalue weighted by molar-refractivity contribution is -0.143. The Morgan fingerprint density at radius 3 is 2.64 bits per heavy atom. The molecule has 0 saturated carbocycles. The zero-order valence-electron chi connectivity index (χ0n) is 14.4. The van der Waals surface area contributed by atoms with Gasteiger partial charge in [0, 0.05) is 10.3 Å². The van der Waals surface area contributed by atoms with Gasteiger partial charge in [0.2, 0.25) is 17.4 Å². The molecule has 2 rings (SSSR count). The molecule has 1 amide bonds. The van der Waals surface area contributed by atoms with Crippen LogP contribution in [0.1, 0.15) is 35.3 Å². The minimum Gasteiger partial charge on any atom is -0.493 e. The molecule has 0 saturated heterocycles. The number of nitrogens with one attached hydrogen (secondary N) is 1. The molecule has 0 fully saturated rings. The molecule has 1 aliphatic heterocycles. The highest BCUT2D eigenvalue weighted by molar-refractivity contribution is 7.14. The Labute approximate surface area is 149 Å². The number of Topliss-reactive ketones (excluding diaryl/α,β-unsaturated/α-hetero) is 1. The molecule has 1 N–H and O–H groups in total. The van der Waals surface area contributed by atoms with Gasteiger partial charge in [0.15, 0.2) is 6.61 Å². The van der Waals surface area contributed by atoms with E-state index in [1.165, 1.54) is 17.6 Å². The van der Waals surface area contributed by atoms with Gasteiger partial charge in [-0.25, -0.2) is 4.79 Å². The third-order valence-electron chi connectivity index (χ3n) is 3.23. The number of hydrogen-bond donors (Lipinski definition) is 1. The lowest BCUT2D eigenvalue weighted by Crippen LogP contribution is -2.34. The van der Waals surface area contributed by atoms with Crippen molar-refractivity contribution < 1.29 is 28.6 Å². The summed E-state index contributed by atoms with van der Waals surface area (Å²) >= 11 is 1.25. The van der Waals surface area contributed by atoms with Crippen LogP contribution in [-0.2, 0) is 30.3 Å². The van der Waals surface area contributed by atoms with Crippen LogP contribution in [0.15, 0.2) is 24.2 Å². The van der Waals surface area contributed by atoms with Gasteiger partial charge >= 0.3 is 5.97 Å². The number of hydrogen-bond acceptors (Lipinski definition) is 7. The van der Waals surface area contributed by atoms with E-state index in [9.17, 15) is 14.4 Å². The second-order valence-corrected chi connectivity index (χ2v) is 7.57. The van der Waals surface area contributed by atoms with Crippen molar-refractivity contribution in [2.75, 3.05) is 19.8 Å². The van der Waals surface area contributed by atoms with Gasteiger partial charge in [-0.3, -0.25) is 9.59 Å². The Kier molecular flexibility index (Phi) is 6.19. The second-order valence-electron chi connectivity index (χ2n) is 6.40. The van der Waals surface area contributed by atoms with Crippen molar-refractivity contribution in [2.45, 2.75) is 27.3 Å². The van der Waals surface area contributed by atoms with Gasteiger partial charge in [-0.2, -0.15) is 0 Å². The van der Waals surface area contributed by atoms with Gasteiger partial charge in [-0.05, 0) is 12.1 Å². The number of ketones is 1. The van der Waals surface area contributed by atoms with Crippen molar-refractivity contribution in [1.29, 1.82) is 0 Å². The van der Waals surface area contributed by atoms with Gasteiger partial charge in [-0.1, -0.05) is 20.8 Å². The van der Waals surface area contributed by atoms with Crippen molar-refractivity contribution in [3.63, 3.8) is 0 Å². The van der Waals surface area contributed by atoms with Crippen LogP contribution < -0.4 is 5.32 Å². The summed E-state index contributed by atoms with van der Waals surface area (Å²) in [4.78, 5) is 37.0. The van der Waals surface area contributed by atoms with Crippen LogP contribution in [0.3, 0.4) is 0 Å². The second kappa shape index (κ2) is 8.15. The summed E-state index contributed by atoms with van der Waals surface area (Å²) < 4.78 is 15.0. The molecule has 25 heavy (non-hydrogen) atoms. The highest BCUT2D eigenvalue weighted by atomic mass is 32.1. The van der Waals surface area contributed by atoms with E-state index < -0.39 is 11.4 Å². The fourth-order valence-electron chi connectivity index (χ4n) is 1.80. The van der Waals surface area contributed by atoms with E-state index in [4.69, 9.17) is 14.2 Å². The quantitative estimate of drug-likeness (QED) is 0.611. The number of esters is 1. The van der Waals surface area contributed by atoms with Crippen LogP contribution in [-0.4, -0.2) is 37.5 Å². The van der Waals surface area contributed by atoms with Crippen molar-refractivity contribution in [1.82, 2.24) is 5.32 Å². The predicted molar refractivity (Wildman–Crippen MR) is 90.9 cm³/mol. The minimum absolute atomic E-state index is 0.0455. The van der Waals surface area contributed by atoms with Gasteiger partial charge in [0.05, 0.1) is 11.4 Å². The van der Waals surface area contributed by atoms with Crippen molar-refractivity contribution in [2.24, 2.45) is 5.41 Å². The van der Waals surface area contributed by atoms with Crippen LogP contribution in [0.4, 0.5) is 0 Å². The van der Waals surface area contributed by atoms with E-state index in [2.05, 4.69) is 5.32 Å². The van der Waals surface area contributed by atoms with Crippen LogP contribution in [0, 0.1) is 5.41 Å². The summed E-state index contributed by atoms with van der Waals surface area (Å²) in [5, 5.41) is 2.82. The fourth-order valence-corrected chi connectivity index (χ4v) is 2.68. The molecule has 7 nitrogen and oxygen atoms in total. The molecular weight excluding hydrogens is 346 g/mol. The lowest BCUT2D eigenvalue weighted by atomic mass is 9.96. The number of thiophene rings is 1. The van der Waals surface area contributed by atoms with Gasteiger partial charge in [0.1, 0.15) is 19.5 Å². The Balaban J connectivity index is 1.82. The molecule has 0 aliphatic carbocycles. The third-order valence-corrected chi connectivity index (χ3v) is 4.35. The molecule has 0 radical (unpaired) electrons. The first-order valence-corrected chi connectivity index (χ1v) is 8.61. The van der Waals surface area contributed by atoms with Gasteiger partial charge in [-0.15, -0.1) is 11.3 Å². The van der Waals surface area contributed by atoms with Crippen LogP contribution in [0.25, 0.3) is 0 Å². The molecule has 8 heteroatoms. The van der Waals surface area contributed by atoms with E-state index in [0.29, 0.717) is 18.0 Å². The SMILES string of the molecule is CC(C)(C)C(=O)NCc1ccc(C(=O)COC(=O)C2=COCCO2)s1. The molecule has 2 heterocycles. The van der Waals surface area contributed by atoms with E-state index in [1.54, 1.807) is 12.1 Å². The number of carbonyl (C=O) groups is 3. The van der Waals surface area contributed by atoms with Gasteiger partial charge in [0.25, 0.3) is 0 Å². The van der Waals surface area contributed by atoms with Crippen LogP contribution in [0.5, 0.6) is 0 Å². The summed E-state index contributed by atoms with van der Waals surface area (Å²) in [6.07, 6.45) is 1.18. The summed E-state index contributed by atoms with van der Waals surface area (Å²) in [5.41, 5.74) is -0.469. The number of ether oxygens (including phenoxy) is 3. The molecule has 1 aromatic heterocycles. The zero-order chi connectivity index (χ0) is 18.4. The van der Waals surface area contributed by atoms with E-state index in [1.807, 2.05) is 20.8 Å². The number of amides is 1. The molecule has 0 unspecified atom stereocenters. The van der Waals surface area contributed by atoms with Crippen molar-refractivity contribution in [3.05, 3.63) is 33.9 Å². The van der Waals surface area contributed by atoms with Gasteiger partial charge < -0.3 is 19.5 Å². The molecule has 1 aromatic rings. The smallest absolute Gasteiger partial charge is 0.377 e. The normalized spacial score (nSPS) is 14.0. The molecule has 136 valence electrons. The summed E-state index contributed by atoms with van der Waals surface area (Å²) in [7, 11) is 0. The Bertz CT molecular complexity index is 686. The highest BCUT2D eigenvalue weighted by Gasteiger charge is 2.21. The first kappa shape index (κ1) is 19.0. The van der Waals surface area contributed by atoms with Crippen LogP contribution in [0.2, 0.25) is 0 Å². The van der Waals surface area contributed by atoms with E-state index in [0.717, 1.165) is 4.88 Å². The summed E-state index contributed by atoms with van der Waals surface area (Å²) in [5.74, 6) is -1.16. The maximum absolute atomic E-state index is 12.1. The Hall–Kier alpha value is -2.35. The maximum atomic E-state index is 12.1. The van der Waals surface area contributed by atoms with E-state index >= 15 is 0 Å². The maximum Gasteiger partial charge on any atom is 0.377 e. The predicted octanol–water partition coefficient (Wildman–Crippen LogP) is 2.02. The fraction of sp³-hybridized carbons (Fsp3) is 0.471. The molecular formula is C17H21NO6S. The Morgan fingerprint density at radius 1 is 1.24 bits per heavy atom. The molecule has 0 spiro atoms. The van der Waals surface area contributed by atoms with Crippen LogP contribution >= 0.6 is 11.3 Å². The lowest BCUT2D eigenvalue weighted by Gasteiger charge is -2.17. The Morgan fingerprint density at radius 2 is 2.00 bits per heavy atom. The molecule has 0 aromatic carbocycles. The average molecular weight is 367 g/mol. The van der Waals surface area contributed by atoms with Crippen molar-refractivity contribution >= 4 is 29.0 Å². The highest BCUT2D eigenvalue weighted by Crippen LogP contribution is 2.19. The van der Waals surface area contributed by atoms with E-state index in [-0.39, 0.29) is 30.7 Å². The zero-order valence-corrected chi connectivity index (χ0v) is 15.2. The topological polar surface area (TPSA) is 90.9 Å². The molecule has 0 bridgehead atoms. The first-order valence-electron chi connectivity index (χ1n) is 7.79. The number of rotatable bonds is 6. The third kappa shape index (κ3) is 5.60. The van der Waals surface area contributed by atoms with Crippen molar-refractivity contribution in [3.8, 4) is 0 Å². The number of carbonyl (C=O) groups excluding carboxylic acids is 3. The summed E-state index contributed by atoms with van der Waals surface area (Å²) in [6.45, 7) is 6.10. The molecule has 1 aliphatic rings. The minimum atomic E-state index is -0.734. The molecule has 0 atom stereocenters. The standard InChI is InChI=1S/C17H21NO6S/c1-17(2,3)16(21)18-8-11-4-5-14(25-11)12(19)9-24-15(20)13-10-22-6-7-23-13/h4-5,10H,6-9H2,1-3H3,(H,18,21). The average Bonchev–Trinajstić information content (AvgIpc) is 3.06.